The minimum Gasteiger partial charge on any atom is -0.455 e. The molecule has 0 atom stereocenters. The monoisotopic (exact) mass is 728 g/mol. The highest BCUT2D eigenvalue weighted by molar-refractivity contribution is 6.18. The summed E-state index contributed by atoms with van der Waals surface area (Å²) in [6.45, 7) is 0. The Kier molecular flexibility index (Phi) is 7.82. The number of aromatic nitrogens is 1. The zero-order valence-corrected chi connectivity index (χ0v) is 31.1. The van der Waals surface area contributed by atoms with Gasteiger partial charge >= 0.3 is 0 Å². The maximum atomic E-state index is 6.63. The standard InChI is InChI=1S/C54H36N2O/c1-3-19-37(20-4-1)39-23-7-8-24-40(39)41-25-9-14-32-48(41)56-49-33-15-11-28-46(49)53-50(34-18-35-51(53)56)55(38-21-5-2-6-22-38)47-31-13-10-26-42(47)44-29-17-30-45-43-27-12-16-36-52(43)57-54(44)45/h1-36H. The van der Waals surface area contributed by atoms with E-state index in [4.69, 9.17) is 4.42 Å². The molecule has 2 aromatic heterocycles. The molecule has 0 aliphatic heterocycles. The molecule has 0 saturated carbocycles. The Balaban J connectivity index is 1.18. The fraction of sp³-hybridized carbons (Fsp3) is 0. The number of nitrogens with zero attached hydrogens (tertiary/aromatic N) is 2. The highest BCUT2D eigenvalue weighted by Gasteiger charge is 2.25. The summed E-state index contributed by atoms with van der Waals surface area (Å²) in [4.78, 5) is 2.42. The second kappa shape index (κ2) is 13.6. The molecule has 0 aliphatic rings. The summed E-state index contributed by atoms with van der Waals surface area (Å²) in [6, 6.07) is 78.0. The fourth-order valence-electron chi connectivity index (χ4n) is 8.77. The zero-order valence-electron chi connectivity index (χ0n) is 31.1. The summed E-state index contributed by atoms with van der Waals surface area (Å²) >= 11 is 0. The average Bonchev–Trinajstić information content (AvgIpc) is 3.84. The largest absolute Gasteiger partial charge is 0.455 e. The van der Waals surface area contributed by atoms with Crippen LogP contribution in [0.4, 0.5) is 17.1 Å². The molecule has 0 radical (unpaired) electrons. The normalized spacial score (nSPS) is 11.5. The van der Waals surface area contributed by atoms with Crippen LogP contribution in [-0.4, -0.2) is 4.57 Å². The fourth-order valence-corrected chi connectivity index (χ4v) is 8.77. The Hall–Kier alpha value is -7.62. The van der Waals surface area contributed by atoms with Crippen molar-refractivity contribution in [3.8, 4) is 39.1 Å². The number of anilines is 3. The van der Waals surface area contributed by atoms with Gasteiger partial charge in [0.1, 0.15) is 11.2 Å². The first-order chi connectivity index (χ1) is 28.3. The van der Waals surface area contributed by atoms with E-state index in [1.54, 1.807) is 0 Å². The van der Waals surface area contributed by atoms with Crippen molar-refractivity contribution in [2.75, 3.05) is 4.90 Å². The predicted octanol–water partition coefficient (Wildman–Crippen LogP) is 15.2. The van der Waals surface area contributed by atoms with Gasteiger partial charge in [0.2, 0.25) is 0 Å². The van der Waals surface area contributed by atoms with Crippen molar-refractivity contribution in [1.82, 2.24) is 4.57 Å². The van der Waals surface area contributed by atoms with E-state index in [9.17, 15) is 0 Å². The first-order valence-corrected chi connectivity index (χ1v) is 19.4. The Morgan fingerprint density at radius 1 is 0.351 bits per heavy atom. The molecule has 0 spiro atoms. The number of benzene rings is 9. The van der Waals surface area contributed by atoms with Crippen LogP contribution in [0, 0.1) is 0 Å². The third kappa shape index (κ3) is 5.36. The van der Waals surface area contributed by atoms with Crippen molar-refractivity contribution in [3.05, 3.63) is 218 Å². The van der Waals surface area contributed by atoms with Gasteiger partial charge in [0.15, 0.2) is 0 Å². The van der Waals surface area contributed by atoms with Crippen LogP contribution in [0.15, 0.2) is 223 Å². The molecule has 2 heterocycles. The third-order valence-electron chi connectivity index (χ3n) is 11.2. The SMILES string of the molecule is c1ccc(-c2ccccc2-c2ccccc2-n2c3ccccc3c3c(N(c4ccccc4)c4ccccc4-c4cccc5c4oc4ccccc45)cccc32)cc1. The summed E-state index contributed by atoms with van der Waals surface area (Å²) < 4.78 is 9.08. The van der Waals surface area contributed by atoms with Gasteiger partial charge in [0.25, 0.3) is 0 Å². The first kappa shape index (κ1) is 32.8. The molecule has 268 valence electrons. The lowest BCUT2D eigenvalue weighted by Crippen LogP contribution is -2.11. The van der Waals surface area contributed by atoms with Crippen LogP contribution in [0.2, 0.25) is 0 Å². The minimum atomic E-state index is 0.890. The molecule has 0 saturated heterocycles. The highest BCUT2D eigenvalue weighted by atomic mass is 16.3. The summed E-state index contributed by atoms with van der Waals surface area (Å²) in [6.07, 6.45) is 0. The third-order valence-corrected chi connectivity index (χ3v) is 11.2. The van der Waals surface area contributed by atoms with E-state index in [0.717, 1.165) is 66.8 Å². The van der Waals surface area contributed by atoms with Crippen molar-refractivity contribution >= 4 is 60.8 Å². The topological polar surface area (TPSA) is 21.3 Å². The van der Waals surface area contributed by atoms with Gasteiger partial charge in [-0.05, 0) is 65.2 Å². The molecular weight excluding hydrogens is 693 g/mol. The van der Waals surface area contributed by atoms with Crippen LogP contribution in [0.25, 0.3) is 82.8 Å². The van der Waals surface area contributed by atoms with E-state index in [1.807, 2.05) is 6.07 Å². The molecular formula is C54H36N2O. The average molecular weight is 729 g/mol. The molecule has 0 unspecified atom stereocenters. The van der Waals surface area contributed by atoms with Gasteiger partial charge in [-0.2, -0.15) is 0 Å². The van der Waals surface area contributed by atoms with Crippen LogP contribution < -0.4 is 4.90 Å². The van der Waals surface area contributed by atoms with E-state index in [-0.39, 0.29) is 0 Å². The zero-order chi connectivity index (χ0) is 37.7. The Labute approximate surface area is 330 Å². The van der Waals surface area contributed by atoms with Gasteiger partial charge in [0, 0.05) is 43.9 Å². The Bertz CT molecular complexity index is 3250. The lowest BCUT2D eigenvalue weighted by Gasteiger charge is -2.28. The predicted molar refractivity (Wildman–Crippen MR) is 239 cm³/mol. The number of hydrogen-bond donors (Lipinski definition) is 0. The van der Waals surface area contributed by atoms with E-state index < -0.39 is 0 Å². The van der Waals surface area contributed by atoms with Gasteiger partial charge in [0.05, 0.1) is 28.1 Å². The summed E-state index contributed by atoms with van der Waals surface area (Å²) in [5.74, 6) is 0. The van der Waals surface area contributed by atoms with Gasteiger partial charge in [-0.15, -0.1) is 0 Å². The van der Waals surface area contributed by atoms with E-state index >= 15 is 0 Å². The molecule has 0 N–H and O–H groups in total. The molecule has 0 bridgehead atoms. The van der Waals surface area contributed by atoms with Gasteiger partial charge in [-0.1, -0.05) is 170 Å². The van der Waals surface area contributed by atoms with Crippen LogP contribution in [0.5, 0.6) is 0 Å². The van der Waals surface area contributed by atoms with Crippen molar-refractivity contribution < 1.29 is 4.42 Å². The Morgan fingerprint density at radius 2 is 0.912 bits per heavy atom. The van der Waals surface area contributed by atoms with Crippen LogP contribution in [0.3, 0.4) is 0 Å². The molecule has 3 heteroatoms. The van der Waals surface area contributed by atoms with E-state index in [2.05, 4.69) is 222 Å². The molecule has 11 rings (SSSR count). The first-order valence-electron chi connectivity index (χ1n) is 19.4. The molecule has 0 fully saturated rings. The number of fused-ring (bicyclic) bond motifs is 6. The Morgan fingerprint density at radius 3 is 1.75 bits per heavy atom. The van der Waals surface area contributed by atoms with Crippen molar-refractivity contribution in [2.24, 2.45) is 0 Å². The van der Waals surface area contributed by atoms with Crippen molar-refractivity contribution in [3.63, 3.8) is 0 Å². The molecule has 0 aliphatic carbocycles. The van der Waals surface area contributed by atoms with Crippen molar-refractivity contribution in [2.45, 2.75) is 0 Å². The molecule has 3 nitrogen and oxygen atoms in total. The van der Waals surface area contributed by atoms with Gasteiger partial charge < -0.3 is 13.9 Å². The smallest absolute Gasteiger partial charge is 0.143 e. The maximum absolute atomic E-state index is 6.63. The highest BCUT2D eigenvalue weighted by Crippen LogP contribution is 2.48. The van der Waals surface area contributed by atoms with Gasteiger partial charge in [-0.25, -0.2) is 0 Å². The second-order valence-corrected chi connectivity index (χ2v) is 14.4. The summed E-state index contributed by atoms with van der Waals surface area (Å²) in [5, 5.41) is 4.60. The molecule has 57 heavy (non-hydrogen) atoms. The lowest BCUT2D eigenvalue weighted by atomic mass is 9.93. The lowest BCUT2D eigenvalue weighted by molar-refractivity contribution is 0.670. The van der Waals surface area contributed by atoms with Crippen LogP contribution in [-0.2, 0) is 0 Å². The number of hydrogen-bond acceptors (Lipinski definition) is 2. The van der Waals surface area contributed by atoms with E-state index in [1.165, 1.54) is 33.0 Å². The summed E-state index contributed by atoms with van der Waals surface area (Å²) in [7, 11) is 0. The van der Waals surface area contributed by atoms with Crippen LogP contribution >= 0.6 is 0 Å². The number of furan rings is 1. The molecule has 11 aromatic rings. The second-order valence-electron chi connectivity index (χ2n) is 14.4. The van der Waals surface area contributed by atoms with Crippen LogP contribution in [0.1, 0.15) is 0 Å². The van der Waals surface area contributed by atoms with Gasteiger partial charge in [-0.3, -0.25) is 0 Å². The van der Waals surface area contributed by atoms with E-state index in [0.29, 0.717) is 0 Å². The molecule has 0 amide bonds. The minimum absolute atomic E-state index is 0.890. The number of para-hydroxylation sites is 6. The molecule has 9 aromatic carbocycles. The number of rotatable bonds is 7. The quantitative estimate of drug-likeness (QED) is 0.163. The maximum Gasteiger partial charge on any atom is 0.143 e. The van der Waals surface area contributed by atoms with Crippen molar-refractivity contribution in [1.29, 1.82) is 0 Å². The summed E-state index contributed by atoms with van der Waals surface area (Å²) in [5.41, 5.74) is 15.4.